The van der Waals surface area contributed by atoms with E-state index in [1.807, 2.05) is 23.1 Å². The summed E-state index contributed by atoms with van der Waals surface area (Å²) < 4.78 is 28.9. The highest BCUT2D eigenvalue weighted by atomic mass is 32.2. The number of carbonyl (C=O) groups is 2. The molecule has 0 aliphatic carbocycles. The van der Waals surface area contributed by atoms with E-state index in [0.717, 1.165) is 36.9 Å². The van der Waals surface area contributed by atoms with Crippen molar-refractivity contribution in [3.05, 3.63) is 41.3 Å². The number of nitrogens with zero attached hydrogens (tertiary/aromatic N) is 2. The van der Waals surface area contributed by atoms with Gasteiger partial charge in [-0.2, -0.15) is 0 Å². The number of likely N-dealkylation sites (tertiary alicyclic amines) is 2. The molecule has 3 amide bonds. The van der Waals surface area contributed by atoms with Gasteiger partial charge >= 0.3 is 6.03 Å². The maximum atomic E-state index is 12.9. The van der Waals surface area contributed by atoms with E-state index in [1.54, 1.807) is 24.1 Å². The van der Waals surface area contributed by atoms with Crippen molar-refractivity contribution in [3.63, 3.8) is 0 Å². The molecule has 0 unspecified atom stereocenters. The number of ether oxygens (including phenoxy) is 1. The molecule has 2 saturated heterocycles. The van der Waals surface area contributed by atoms with E-state index in [1.165, 1.54) is 6.07 Å². The number of methoxy groups -OCH3 is 1. The Hall–Kier alpha value is -2.59. The molecule has 0 bridgehead atoms. The van der Waals surface area contributed by atoms with Crippen LogP contribution in [0.25, 0.3) is 0 Å². The maximum absolute atomic E-state index is 12.9. The second kappa shape index (κ2) is 8.74. The minimum atomic E-state index is -3.31. The van der Waals surface area contributed by atoms with Gasteiger partial charge in [0.15, 0.2) is 9.84 Å². The Bertz CT molecular complexity index is 1120. The third-order valence-corrected chi connectivity index (χ3v) is 9.24. The van der Waals surface area contributed by atoms with Gasteiger partial charge in [-0.3, -0.25) is 4.79 Å². The van der Waals surface area contributed by atoms with Crippen LogP contribution in [0.4, 0.5) is 10.5 Å². The lowest BCUT2D eigenvalue weighted by Gasteiger charge is -2.39. The largest absolute Gasteiger partial charge is 0.495 e. The third-order valence-electron chi connectivity index (χ3n) is 6.34. The van der Waals surface area contributed by atoms with Crippen LogP contribution in [0, 0.1) is 5.41 Å². The molecular weight excluding hydrogens is 450 g/mol. The monoisotopic (exact) mass is 477 g/mol. The van der Waals surface area contributed by atoms with Crippen molar-refractivity contribution in [2.24, 2.45) is 5.41 Å². The lowest BCUT2D eigenvalue weighted by molar-refractivity contribution is 0.0744. The first kappa shape index (κ1) is 22.6. The number of urea groups is 1. The Kier molecular flexibility index (Phi) is 6.17. The minimum Gasteiger partial charge on any atom is -0.495 e. The van der Waals surface area contributed by atoms with Crippen LogP contribution >= 0.6 is 11.3 Å². The molecule has 0 atom stereocenters. The van der Waals surface area contributed by atoms with Crippen molar-refractivity contribution < 1.29 is 22.7 Å². The van der Waals surface area contributed by atoms with Gasteiger partial charge in [0.05, 0.1) is 17.7 Å². The maximum Gasteiger partial charge on any atom is 0.321 e. The number of sulfone groups is 1. The van der Waals surface area contributed by atoms with Crippen LogP contribution in [0.15, 0.2) is 40.6 Å². The number of nitrogens with one attached hydrogen (secondary N) is 1. The van der Waals surface area contributed by atoms with Gasteiger partial charge in [0.25, 0.3) is 5.91 Å². The average molecular weight is 478 g/mol. The fourth-order valence-electron chi connectivity index (χ4n) is 4.43. The molecule has 0 saturated carbocycles. The number of anilines is 1. The molecule has 1 aromatic carbocycles. The zero-order valence-corrected chi connectivity index (χ0v) is 19.8. The molecule has 0 radical (unpaired) electrons. The summed E-state index contributed by atoms with van der Waals surface area (Å²) in [4.78, 5) is 29.7. The number of benzene rings is 1. The Morgan fingerprint density at radius 3 is 2.31 bits per heavy atom. The molecule has 1 aromatic heterocycles. The standard InChI is InChI=1S/C22H27N3O5S2/c1-30-17-6-4-3-5-16(17)23-21(27)24-12-9-22(10-13-24)11-14-25(15-22)20(26)18-7-8-19(31-18)32(2,28)29/h3-8H,9-15H2,1-2H3,(H,23,27). The Morgan fingerprint density at radius 2 is 1.69 bits per heavy atom. The summed E-state index contributed by atoms with van der Waals surface area (Å²) in [5.74, 6) is 0.505. The molecule has 2 fully saturated rings. The first-order valence-corrected chi connectivity index (χ1v) is 13.2. The molecule has 172 valence electrons. The van der Waals surface area contributed by atoms with Gasteiger partial charge in [0.2, 0.25) is 0 Å². The van der Waals surface area contributed by atoms with Crippen LogP contribution in [0.1, 0.15) is 28.9 Å². The molecule has 4 rings (SSSR count). The fraction of sp³-hybridized carbons (Fsp3) is 0.455. The van der Waals surface area contributed by atoms with Crippen LogP contribution in [-0.2, 0) is 9.84 Å². The van der Waals surface area contributed by atoms with E-state index in [4.69, 9.17) is 4.74 Å². The fourth-order valence-corrected chi connectivity index (χ4v) is 6.33. The zero-order valence-electron chi connectivity index (χ0n) is 18.2. The third kappa shape index (κ3) is 4.61. The normalized spacial score (nSPS) is 18.1. The smallest absolute Gasteiger partial charge is 0.321 e. The van der Waals surface area contributed by atoms with Crippen molar-refractivity contribution in [1.82, 2.24) is 9.80 Å². The first-order valence-electron chi connectivity index (χ1n) is 10.5. The summed E-state index contributed by atoms with van der Waals surface area (Å²) in [6, 6.07) is 10.3. The van der Waals surface area contributed by atoms with Crippen molar-refractivity contribution >= 4 is 38.8 Å². The van der Waals surface area contributed by atoms with Gasteiger partial charge in [-0.25, -0.2) is 13.2 Å². The highest BCUT2D eigenvalue weighted by molar-refractivity contribution is 7.92. The van der Waals surface area contributed by atoms with Gasteiger partial charge in [0.1, 0.15) is 9.96 Å². The molecule has 8 nitrogen and oxygen atoms in total. The number of carbonyl (C=O) groups excluding carboxylic acids is 2. The summed E-state index contributed by atoms with van der Waals surface area (Å²) in [6.07, 6.45) is 3.70. The van der Waals surface area contributed by atoms with Gasteiger partial charge in [-0.15, -0.1) is 11.3 Å². The highest BCUT2D eigenvalue weighted by Crippen LogP contribution is 2.41. The molecule has 3 heterocycles. The number of para-hydroxylation sites is 2. The van der Waals surface area contributed by atoms with E-state index >= 15 is 0 Å². The van der Waals surface area contributed by atoms with Crippen molar-refractivity contribution in [2.75, 3.05) is 44.9 Å². The molecule has 2 aliphatic rings. The Labute approximate surface area is 192 Å². The second-order valence-electron chi connectivity index (χ2n) is 8.49. The predicted molar refractivity (Wildman–Crippen MR) is 123 cm³/mol. The first-order chi connectivity index (χ1) is 15.2. The molecule has 32 heavy (non-hydrogen) atoms. The Balaban J connectivity index is 1.34. The molecule has 2 aromatic rings. The lowest BCUT2D eigenvalue weighted by atomic mass is 9.78. The van der Waals surface area contributed by atoms with Crippen LogP contribution in [-0.4, -0.2) is 69.7 Å². The lowest BCUT2D eigenvalue weighted by Crippen LogP contribution is -2.46. The SMILES string of the molecule is COc1ccccc1NC(=O)N1CCC2(CC1)CCN(C(=O)c1ccc(S(C)(=O)=O)s1)C2. The number of thiophene rings is 1. The van der Waals surface area contributed by atoms with Gasteiger partial charge < -0.3 is 19.9 Å². The summed E-state index contributed by atoms with van der Waals surface area (Å²) in [5, 5.41) is 2.92. The average Bonchev–Trinajstić information content (AvgIpc) is 3.42. The molecule has 2 aliphatic heterocycles. The number of hydrogen-bond acceptors (Lipinski definition) is 6. The van der Waals surface area contributed by atoms with Crippen LogP contribution in [0.3, 0.4) is 0 Å². The molecule has 10 heteroatoms. The van der Waals surface area contributed by atoms with E-state index in [-0.39, 0.29) is 21.6 Å². The summed E-state index contributed by atoms with van der Waals surface area (Å²) in [7, 11) is -1.74. The summed E-state index contributed by atoms with van der Waals surface area (Å²) in [6.45, 7) is 2.54. The number of amides is 3. The minimum absolute atomic E-state index is 0.00774. The van der Waals surface area contributed by atoms with Crippen molar-refractivity contribution in [3.8, 4) is 5.75 Å². The number of rotatable bonds is 4. The van der Waals surface area contributed by atoms with Crippen molar-refractivity contribution in [2.45, 2.75) is 23.5 Å². The molecular formula is C22H27N3O5S2. The van der Waals surface area contributed by atoms with E-state index in [0.29, 0.717) is 42.5 Å². The van der Waals surface area contributed by atoms with Crippen LogP contribution in [0.5, 0.6) is 5.75 Å². The predicted octanol–water partition coefficient (Wildman–Crippen LogP) is 3.32. The summed E-state index contributed by atoms with van der Waals surface area (Å²) >= 11 is 1.03. The van der Waals surface area contributed by atoms with Crippen LogP contribution in [0.2, 0.25) is 0 Å². The highest BCUT2D eigenvalue weighted by Gasteiger charge is 2.43. The van der Waals surface area contributed by atoms with Gasteiger partial charge in [-0.05, 0) is 48.9 Å². The van der Waals surface area contributed by atoms with E-state index in [9.17, 15) is 18.0 Å². The van der Waals surface area contributed by atoms with Gasteiger partial charge in [-0.1, -0.05) is 12.1 Å². The van der Waals surface area contributed by atoms with E-state index < -0.39 is 9.84 Å². The van der Waals surface area contributed by atoms with Crippen molar-refractivity contribution in [1.29, 1.82) is 0 Å². The zero-order chi connectivity index (χ0) is 22.9. The number of piperidine rings is 1. The second-order valence-corrected chi connectivity index (χ2v) is 11.8. The van der Waals surface area contributed by atoms with E-state index in [2.05, 4.69) is 5.32 Å². The summed E-state index contributed by atoms with van der Waals surface area (Å²) in [5.41, 5.74) is 0.649. The topological polar surface area (TPSA) is 96.0 Å². The Morgan fingerprint density at radius 1 is 1.03 bits per heavy atom. The van der Waals surface area contributed by atoms with Crippen LogP contribution < -0.4 is 10.1 Å². The molecule has 1 spiro atoms. The quantitative estimate of drug-likeness (QED) is 0.729. The van der Waals surface area contributed by atoms with Gasteiger partial charge in [0, 0.05) is 32.4 Å². The number of hydrogen-bond donors (Lipinski definition) is 1. The molecule has 1 N–H and O–H groups in total.